The van der Waals surface area contributed by atoms with Crippen LogP contribution in [0.5, 0.6) is 5.88 Å². The number of aryl methyl sites for hydroxylation is 2. The van der Waals surface area contributed by atoms with Gasteiger partial charge in [0.15, 0.2) is 0 Å². The van der Waals surface area contributed by atoms with Crippen molar-refractivity contribution in [2.45, 2.75) is 32.9 Å². The molecular weight excluding hydrogens is 425 g/mol. The van der Waals surface area contributed by atoms with E-state index in [-0.39, 0.29) is 29.8 Å². The molecule has 2 amide bonds. The molecule has 0 fully saturated rings. The molecule has 0 aliphatic heterocycles. The van der Waals surface area contributed by atoms with E-state index in [0.717, 1.165) is 29.5 Å². The summed E-state index contributed by atoms with van der Waals surface area (Å²) in [7, 11) is 0. The van der Waals surface area contributed by atoms with E-state index in [1.165, 1.54) is 10.6 Å². The van der Waals surface area contributed by atoms with Gasteiger partial charge >= 0.3 is 6.18 Å². The number of carbonyl (C=O) groups excluding carboxylic acids is 2. The molecule has 10 heteroatoms. The number of aromatic nitrogens is 1. The number of benzene rings is 2. The van der Waals surface area contributed by atoms with E-state index in [1.54, 1.807) is 12.1 Å². The van der Waals surface area contributed by atoms with Crippen molar-refractivity contribution < 1.29 is 27.9 Å². The third-order valence-electron chi connectivity index (χ3n) is 4.75. The number of rotatable bonds is 6. The number of hydrogen-bond acceptors (Lipinski definition) is 4. The van der Waals surface area contributed by atoms with Gasteiger partial charge in [-0.05, 0) is 49.2 Å². The SMILES string of the molecule is Cc1cc(C)cc(-n2c(O)c(C=NNC(=O)CCC(N)=O)c3ccc(C(F)(F)F)cc32)c1. The molecule has 7 nitrogen and oxygen atoms in total. The summed E-state index contributed by atoms with van der Waals surface area (Å²) >= 11 is 0. The number of primary amides is 1. The Kier molecular flexibility index (Phi) is 6.24. The Hall–Kier alpha value is -3.82. The molecule has 168 valence electrons. The summed E-state index contributed by atoms with van der Waals surface area (Å²) in [4.78, 5) is 22.5. The fourth-order valence-corrected chi connectivity index (χ4v) is 3.41. The zero-order valence-corrected chi connectivity index (χ0v) is 17.3. The molecule has 3 rings (SSSR count). The predicted molar refractivity (Wildman–Crippen MR) is 114 cm³/mol. The van der Waals surface area contributed by atoms with E-state index >= 15 is 0 Å². The van der Waals surface area contributed by atoms with E-state index in [0.29, 0.717) is 11.1 Å². The van der Waals surface area contributed by atoms with E-state index in [4.69, 9.17) is 5.73 Å². The number of aromatic hydroxyl groups is 1. The number of carbonyl (C=O) groups is 2. The zero-order chi connectivity index (χ0) is 23.6. The Morgan fingerprint density at radius 2 is 1.78 bits per heavy atom. The maximum absolute atomic E-state index is 13.3. The number of fused-ring (bicyclic) bond motifs is 1. The van der Waals surface area contributed by atoms with Crippen LogP contribution < -0.4 is 11.2 Å². The van der Waals surface area contributed by atoms with E-state index in [9.17, 15) is 27.9 Å². The maximum Gasteiger partial charge on any atom is 0.416 e. The van der Waals surface area contributed by atoms with Gasteiger partial charge in [0, 0.05) is 23.9 Å². The number of amides is 2. The molecule has 0 saturated carbocycles. The summed E-state index contributed by atoms with van der Waals surface area (Å²) in [5.41, 5.74) is 8.80. The second-order valence-corrected chi connectivity index (χ2v) is 7.41. The number of nitrogens with two attached hydrogens (primary N) is 1. The van der Waals surface area contributed by atoms with Crippen LogP contribution in [0.3, 0.4) is 0 Å². The van der Waals surface area contributed by atoms with Crippen molar-refractivity contribution in [2.24, 2.45) is 10.8 Å². The van der Waals surface area contributed by atoms with Crippen LogP contribution in [0.25, 0.3) is 16.6 Å². The van der Waals surface area contributed by atoms with Crippen LogP contribution in [0, 0.1) is 13.8 Å². The van der Waals surface area contributed by atoms with Gasteiger partial charge in [-0.25, -0.2) is 5.43 Å². The van der Waals surface area contributed by atoms with Gasteiger partial charge in [0.1, 0.15) is 0 Å². The van der Waals surface area contributed by atoms with E-state index < -0.39 is 23.6 Å². The Bertz CT molecular complexity index is 1210. The maximum atomic E-state index is 13.3. The van der Waals surface area contributed by atoms with Crippen LogP contribution >= 0.6 is 0 Å². The van der Waals surface area contributed by atoms with E-state index in [2.05, 4.69) is 10.5 Å². The van der Waals surface area contributed by atoms with Crippen LogP contribution in [0.4, 0.5) is 13.2 Å². The molecule has 3 aromatic rings. The first-order valence-electron chi connectivity index (χ1n) is 9.61. The van der Waals surface area contributed by atoms with Crippen LogP contribution in [0.15, 0.2) is 41.5 Å². The Labute approximate surface area is 181 Å². The highest BCUT2D eigenvalue weighted by Gasteiger charge is 2.31. The average molecular weight is 446 g/mol. The monoisotopic (exact) mass is 446 g/mol. The molecule has 0 atom stereocenters. The standard InChI is InChI=1S/C22H21F3N4O3/c1-12-7-13(2)9-15(8-12)29-18-10-14(22(23,24)25)3-4-16(18)17(21(29)32)11-27-28-20(31)6-5-19(26)30/h3-4,7-11,32H,5-6H2,1-2H3,(H2,26,30)(H,28,31). The quantitative estimate of drug-likeness (QED) is 0.397. The number of nitrogens with zero attached hydrogens (tertiary/aromatic N) is 2. The molecule has 2 aromatic carbocycles. The second-order valence-electron chi connectivity index (χ2n) is 7.41. The molecule has 0 spiro atoms. The predicted octanol–water partition coefficient (Wildman–Crippen LogP) is 3.69. The second kappa shape index (κ2) is 8.74. The first-order chi connectivity index (χ1) is 15.0. The van der Waals surface area contributed by atoms with Crippen molar-refractivity contribution in [1.29, 1.82) is 0 Å². The van der Waals surface area contributed by atoms with Crippen LogP contribution in [0.2, 0.25) is 0 Å². The van der Waals surface area contributed by atoms with Crippen molar-refractivity contribution in [1.82, 2.24) is 9.99 Å². The largest absolute Gasteiger partial charge is 0.494 e. The molecule has 0 unspecified atom stereocenters. The molecule has 1 aromatic heterocycles. The molecule has 4 N–H and O–H groups in total. The minimum absolute atomic E-state index is 0.128. The molecule has 0 bridgehead atoms. The summed E-state index contributed by atoms with van der Waals surface area (Å²) in [6.45, 7) is 3.68. The van der Waals surface area contributed by atoms with E-state index in [1.807, 2.05) is 19.9 Å². The number of nitrogens with one attached hydrogen (secondary N) is 1. The summed E-state index contributed by atoms with van der Waals surface area (Å²) in [5.74, 6) is -1.55. The van der Waals surface area contributed by atoms with Crippen LogP contribution in [0.1, 0.15) is 35.1 Å². The molecule has 0 aliphatic rings. The lowest BCUT2D eigenvalue weighted by Gasteiger charge is -2.11. The number of hydrogen-bond donors (Lipinski definition) is 3. The Morgan fingerprint density at radius 1 is 1.12 bits per heavy atom. The lowest BCUT2D eigenvalue weighted by Crippen LogP contribution is -2.20. The number of halogens is 3. The van der Waals surface area contributed by atoms with Gasteiger partial charge in [-0.1, -0.05) is 12.1 Å². The third-order valence-corrected chi connectivity index (χ3v) is 4.75. The third kappa shape index (κ3) is 4.90. The Morgan fingerprint density at radius 3 is 2.38 bits per heavy atom. The lowest BCUT2D eigenvalue weighted by molar-refractivity contribution is -0.137. The van der Waals surface area contributed by atoms with Crippen molar-refractivity contribution in [3.63, 3.8) is 0 Å². The molecule has 32 heavy (non-hydrogen) atoms. The highest BCUT2D eigenvalue weighted by molar-refractivity contribution is 6.03. The minimum Gasteiger partial charge on any atom is -0.494 e. The van der Waals surface area contributed by atoms with Crippen LogP contribution in [-0.2, 0) is 15.8 Å². The fourth-order valence-electron chi connectivity index (χ4n) is 3.41. The Balaban J connectivity index is 2.11. The smallest absolute Gasteiger partial charge is 0.416 e. The first-order valence-corrected chi connectivity index (χ1v) is 9.61. The normalized spacial score (nSPS) is 11.9. The van der Waals surface area contributed by atoms with Crippen molar-refractivity contribution in [3.8, 4) is 11.6 Å². The number of alkyl halides is 3. The molecule has 0 aliphatic carbocycles. The number of hydrazone groups is 1. The average Bonchev–Trinajstić information content (AvgIpc) is 2.96. The van der Waals surface area contributed by atoms with Gasteiger partial charge < -0.3 is 10.8 Å². The van der Waals surface area contributed by atoms with Gasteiger partial charge in [-0.3, -0.25) is 14.2 Å². The highest BCUT2D eigenvalue weighted by Crippen LogP contribution is 2.38. The lowest BCUT2D eigenvalue weighted by atomic mass is 10.1. The molecule has 0 radical (unpaired) electrons. The van der Waals surface area contributed by atoms with Gasteiger partial charge in [0.05, 0.1) is 22.9 Å². The summed E-state index contributed by atoms with van der Waals surface area (Å²) in [5, 5.41) is 15.0. The minimum atomic E-state index is -4.57. The zero-order valence-electron chi connectivity index (χ0n) is 17.3. The highest BCUT2D eigenvalue weighted by atomic mass is 19.4. The van der Waals surface area contributed by atoms with Gasteiger partial charge in [-0.15, -0.1) is 0 Å². The van der Waals surface area contributed by atoms with Gasteiger partial charge in [-0.2, -0.15) is 18.3 Å². The van der Waals surface area contributed by atoms with Crippen molar-refractivity contribution >= 4 is 28.9 Å². The van der Waals surface area contributed by atoms with Crippen molar-refractivity contribution in [3.05, 3.63) is 58.7 Å². The topological polar surface area (TPSA) is 110 Å². The summed E-state index contributed by atoms with van der Waals surface area (Å²) < 4.78 is 41.3. The van der Waals surface area contributed by atoms with Gasteiger partial charge in [0.2, 0.25) is 17.7 Å². The van der Waals surface area contributed by atoms with Crippen LogP contribution in [-0.4, -0.2) is 27.7 Å². The van der Waals surface area contributed by atoms with Crippen molar-refractivity contribution in [2.75, 3.05) is 0 Å². The molecule has 0 saturated heterocycles. The molecular formula is C22H21F3N4O3. The molecule has 1 heterocycles. The van der Waals surface area contributed by atoms with Gasteiger partial charge in [0.25, 0.3) is 0 Å². The fraction of sp³-hybridized carbons (Fsp3) is 0.227. The summed E-state index contributed by atoms with van der Waals surface area (Å²) in [6, 6.07) is 8.48. The first kappa shape index (κ1) is 22.9. The summed E-state index contributed by atoms with van der Waals surface area (Å²) in [6.07, 6.45) is -3.74.